The number of hydrogen-bond donors (Lipinski definition) is 1. The minimum atomic E-state index is 0.820. The third kappa shape index (κ3) is 2.26. The average molecular weight is 208 g/mol. The molecule has 2 heterocycles. The highest BCUT2D eigenvalue weighted by Crippen LogP contribution is 2.33. The number of likely N-dealkylation sites (tertiary alicyclic amines) is 1. The van der Waals surface area contributed by atoms with Crippen molar-refractivity contribution in [3.63, 3.8) is 0 Å². The Balaban J connectivity index is 1.98. The zero-order valence-corrected chi connectivity index (χ0v) is 10.3. The van der Waals surface area contributed by atoms with Crippen molar-refractivity contribution in [3.05, 3.63) is 11.6 Å². The molecule has 0 aromatic heterocycles. The fourth-order valence-corrected chi connectivity index (χ4v) is 3.18. The predicted octanol–water partition coefficient (Wildman–Crippen LogP) is 1.88. The zero-order valence-electron chi connectivity index (χ0n) is 10.3. The highest BCUT2D eigenvalue weighted by Gasteiger charge is 2.42. The molecule has 0 spiro atoms. The monoisotopic (exact) mass is 208 g/mol. The van der Waals surface area contributed by atoms with E-state index in [9.17, 15) is 0 Å². The van der Waals surface area contributed by atoms with Gasteiger partial charge in [-0.3, -0.25) is 4.90 Å². The van der Waals surface area contributed by atoms with Crippen molar-refractivity contribution in [2.75, 3.05) is 26.2 Å². The van der Waals surface area contributed by atoms with Crippen LogP contribution in [0.4, 0.5) is 0 Å². The first-order chi connectivity index (χ1) is 7.22. The van der Waals surface area contributed by atoms with Crippen LogP contribution in [0.5, 0.6) is 0 Å². The van der Waals surface area contributed by atoms with Gasteiger partial charge in [0.1, 0.15) is 0 Å². The minimum absolute atomic E-state index is 0.820. The topological polar surface area (TPSA) is 15.3 Å². The van der Waals surface area contributed by atoms with E-state index >= 15 is 0 Å². The molecule has 2 fully saturated rings. The molecule has 15 heavy (non-hydrogen) atoms. The van der Waals surface area contributed by atoms with Gasteiger partial charge in [0.2, 0.25) is 0 Å². The van der Waals surface area contributed by atoms with E-state index < -0.39 is 0 Å². The lowest BCUT2D eigenvalue weighted by Gasteiger charge is -2.25. The van der Waals surface area contributed by atoms with Crippen LogP contribution in [0.3, 0.4) is 0 Å². The molecule has 0 saturated carbocycles. The summed E-state index contributed by atoms with van der Waals surface area (Å²) in [5.41, 5.74) is 1.44. The molecular formula is C13H24N2. The van der Waals surface area contributed by atoms with Crippen LogP contribution in [0.15, 0.2) is 11.6 Å². The van der Waals surface area contributed by atoms with E-state index in [1.165, 1.54) is 31.6 Å². The molecule has 1 N–H and O–H groups in total. The van der Waals surface area contributed by atoms with Crippen molar-refractivity contribution in [1.29, 1.82) is 0 Å². The molecule has 3 atom stereocenters. The second kappa shape index (κ2) is 4.67. The smallest absolute Gasteiger partial charge is 0.0168 e. The number of fused-ring (bicyclic) bond motifs is 1. The van der Waals surface area contributed by atoms with E-state index in [0.717, 1.165) is 24.4 Å². The second-order valence-corrected chi connectivity index (χ2v) is 5.29. The maximum atomic E-state index is 3.53. The van der Waals surface area contributed by atoms with Crippen molar-refractivity contribution in [2.45, 2.75) is 33.2 Å². The normalized spacial score (nSPS) is 35.5. The lowest BCUT2D eigenvalue weighted by atomic mass is 9.93. The highest BCUT2D eigenvalue weighted by molar-refractivity contribution is 5.02. The van der Waals surface area contributed by atoms with E-state index in [1.807, 2.05) is 0 Å². The summed E-state index contributed by atoms with van der Waals surface area (Å²) in [4.78, 5) is 2.68. The SMILES string of the molecule is CCC1C2CNCC2CN1CC=C(C)C. The molecule has 0 aliphatic carbocycles. The quantitative estimate of drug-likeness (QED) is 0.712. The third-order valence-corrected chi connectivity index (χ3v) is 3.98. The summed E-state index contributed by atoms with van der Waals surface area (Å²) in [5, 5.41) is 3.53. The van der Waals surface area contributed by atoms with Crippen molar-refractivity contribution in [2.24, 2.45) is 11.8 Å². The van der Waals surface area contributed by atoms with Gasteiger partial charge in [-0.15, -0.1) is 0 Å². The molecule has 2 nitrogen and oxygen atoms in total. The summed E-state index contributed by atoms with van der Waals surface area (Å²) >= 11 is 0. The summed E-state index contributed by atoms with van der Waals surface area (Å²) in [6.45, 7) is 11.7. The van der Waals surface area contributed by atoms with E-state index in [4.69, 9.17) is 0 Å². The molecule has 2 heteroatoms. The molecule has 0 radical (unpaired) electrons. The predicted molar refractivity (Wildman–Crippen MR) is 64.9 cm³/mol. The fraction of sp³-hybridized carbons (Fsp3) is 0.846. The van der Waals surface area contributed by atoms with Gasteiger partial charge >= 0.3 is 0 Å². The zero-order chi connectivity index (χ0) is 10.8. The van der Waals surface area contributed by atoms with E-state index in [0.29, 0.717) is 0 Å². The first-order valence-electron chi connectivity index (χ1n) is 6.30. The number of nitrogens with one attached hydrogen (secondary N) is 1. The number of allylic oxidation sites excluding steroid dienone is 1. The van der Waals surface area contributed by atoms with Gasteiger partial charge in [0.15, 0.2) is 0 Å². The summed E-state index contributed by atoms with van der Waals surface area (Å²) in [5.74, 6) is 1.83. The van der Waals surface area contributed by atoms with Crippen LogP contribution in [0.25, 0.3) is 0 Å². The van der Waals surface area contributed by atoms with Gasteiger partial charge in [-0.25, -0.2) is 0 Å². The highest BCUT2D eigenvalue weighted by atomic mass is 15.2. The largest absolute Gasteiger partial charge is 0.316 e. The number of rotatable bonds is 3. The fourth-order valence-electron chi connectivity index (χ4n) is 3.18. The number of nitrogens with zero attached hydrogens (tertiary/aromatic N) is 1. The van der Waals surface area contributed by atoms with Crippen LogP contribution in [-0.2, 0) is 0 Å². The van der Waals surface area contributed by atoms with Crippen molar-refractivity contribution in [1.82, 2.24) is 10.2 Å². The van der Waals surface area contributed by atoms with Gasteiger partial charge < -0.3 is 5.32 Å². The van der Waals surface area contributed by atoms with Crippen LogP contribution in [-0.4, -0.2) is 37.1 Å². The Morgan fingerprint density at radius 1 is 1.40 bits per heavy atom. The Morgan fingerprint density at radius 2 is 2.20 bits per heavy atom. The van der Waals surface area contributed by atoms with Gasteiger partial charge in [-0.1, -0.05) is 18.6 Å². The van der Waals surface area contributed by atoms with Gasteiger partial charge in [0, 0.05) is 19.1 Å². The van der Waals surface area contributed by atoms with E-state index in [-0.39, 0.29) is 0 Å². The molecular weight excluding hydrogens is 184 g/mol. The van der Waals surface area contributed by atoms with Gasteiger partial charge in [0.05, 0.1) is 0 Å². The molecule has 2 aliphatic rings. The Morgan fingerprint density at radius 3 is 2.87 bits per heavy atom. The molecule has 2 saturated heterocycles. The minimum Gasteiger partial charge on any atom is -0.316 e. The summed E-state index contributed by atoms with van der Waals surface area (Å²) < 4.78 is 0. The van der Waals surface area contributed by atoms with Gasteiger partial charge in [0.25, 0.3) is 0 Å². The second-order valence-electron chi connectivity index (χ2n) is 5.29. The van der Waals surface area contributed by atoms with Gasteiger partial charge in [-0.2, -0.15) is 0 Å². The summed E-state index contributed by atoms with van der Waals surface area (Å²) in [6.07, 6.45) is 3.68. The first kappa shape index (κ1) is 11.2. The summed E-state index contributed by atoms with van der Waals surface area (Å²) in [7, 11) is 0. The summed E-state index contributed by atoms with van der Waals surface area (Å²) in [6, 6.07) is 0.820. The Bertz CT molecular complexity index is 243. The molecule has 3 unspecified atom stereocenters. The van der Waals surface area contributed by atoms with Crippen LogP contribution in [0, 0.1) is 11.8 Å². The van der Waals surface area contributed by atoms with Crippen molar-refractivity contribution >= 4 is 0 Å². The van der Waals surface area contributed by atoms with Gasteiger partial charge in [-0.05, 0) is 45.2 Å². The maximum Gasteiger partial charge on any atom is 0.0168 e. The molecule has 0 aromatic carbocycles. The first-order valence-corrected chi connectivity index (χ1v) is 6.30. The lowest BCUT2D eigenvalue weighted by molar-refractivity contribution is 0.240. The third-order valence-electron chi connectivity index (χ3n) is 3.98. The Kier molecular flexibility index (Phi) is 3.47. The molecule has 2 aliphatic heterocycles. The van der Waals surface area contributed by atoms with Crippen molar-refractivity contribution < 1.29 is 0 Å². The van der Waals surface area contributed by atoms with E-state index in [2.05, 4.69) is 37.1 Å². The molecule has 0 amide bonds. The number of hydrogen-bond acceptors (Lipinski definition) is 2. The Labute approximate surface area is 93.7 Å². The molecule has 2 rings (SSSR count). The molecule has 0 bridgehead atoms. The van der Waals surface area contributed by atoms with Crippen molar-refractivity contribution in [3.8, 4) is 0 Å². The standard InChI is InChI=1S/C13H24N2/c1-4-13-12-8-14-7-11(12)9-15(13)6-5-10(2)3/h5,11-14H,4,6-9H2,1-3H3. The van der Waals surface area contributed by atoms with Crippen LogP contribution < -0.4 is 5.32 Å². The van der Waals surface area contributed by atoms with E-state index in [1.54, 1.807) is 0 Å². The molecule has 86 valence electrons. The van der Waals surface area contributed by atoms with Crippen LogP contribution >= 0.6 is 0 Å². The molecule has 0 aromatic rings. The van der Waals surface area contributed by atoms with Crippen LogP contribution in [0.2, 0.25) is 0 Å². The maximum absolute atomic E-state index is 3.53. The lowest BCUT2D eigenvalue weighted by Crippen LogP contribution is -2.35. The Hall–Kier alpha value is -0.340. The van der Waals surface area contributed by atoms with Crippen LogP contribution in [0.1, 0.15) is 27.2 Å². The average Bonchev–Trinajstić information content (AvgIpc) is 2.72.